The molecule has 172 valence electrons. The highest BCUT2D eigenvalue weighted by Crippen LogP contribution is 2.34. The van der Waals surface area contributed by atoms with Crippen LogP contribution in [0.25, 0.3) is 0 Å². The summed E-state index contributed by atoms with van der Waals surface area (Å²) in [6.07, 6.45) is 12.5. The van der Waals surface area contributed by atoms with Crippen LogP contribution in [0.5, 0.6) is 0 Å². The van der Waals surface area contributed by atoms with E-state index in [2.05, 4.69) is 22.1 Å². The minimum atomic E-state index is -0.147. The maximum absolute atomic E-state index is 13.7. The number of likely N-dealkylation sites (N-methyl/N-ethyl adjacent to an activating group) is 1. The quantitative estimate of drug-likeness (QED) is 0.630. The average molecular weight is 455 g/mol. The molecule has 4 aliphatic rings. The fourth-order valence-corrected chi connectivity index (χ4v) is 4.50. The number of carbonyl (C=O) groups is 2. The summed E-state index contributed by atoms with van der Waals surface area (Å²) in [6.45, 7) is 1.17. The van der Waals surface area contributed by atoms with Gasteiger partial charge < -0.3 is 15.5 Å². The topological polar surface area (TPSA) is 100 Å². The highest BCUT2D eigenvalue weighted by molar-refractivity contribution is 6.08. The molecule has 2 amide bonds. The number of benzene rings is 1. The van der Waals surface area contributed by atoms with Crippen LogP contribution in [0, 0.1) is 11.3 Å². The maximum Gasteiger partial charge on any atom is 0.267 e. The molecule has 34 heavy (non-hydrogen) atoms. The van der Waals surface area contributed by atoms with Crippen LogP contribution in [0.15, 0.2) is 82.9 Å². The summed E-state index contributed by atoms with van der Waals surface area (Å²) in [5, 5.41) is 16.8. The molecule has 0 aromatic heterocycles. The van der Waals surface area contributed by atoms with E-state index in [0.717, 1.165) is 41.8 Å². The first-order chi connectivity index (χ1) is 16.6. The minimum Gasteiger partial charge on any atom is -0.377 e. The number of hydrogen-bond acceptors (Lipinski definition) is 6. The van der Waals surface area contributed by atoms with Gasteiger partial charge in [-0.3, -0.25) is 14.6 Å². The third-order valence-corrected chi connectivity index (χ3v) is 6.65. The molecule has 8 nitrogen and oxygen atoms in total. The smallest absolute Gasteiger partial charge is 0.267 e. The number of nitrogens with one attached hydrogen (secondary N) is 3. The molecule has 3 N–H and O–H groups in total. The highest BCUT2D eigenvalue weighted by atomic mass is 16.2. The molecule has 0 spiro atoms. The lowest BCUT2D eigenvalue weighted by Crippen LogP contribution is -2.45. The van der Waals surface area contributed by atoms with E-state index in [0.29, 0.717) is 29.9 Å². The van der Waals surface area contributed by atoms with Crippen LogP contribution in [0.2, 0.25) is 0 Å². The number of rotatable bonds is 5. The molecule has 3 heterocycles. The number of dihydropyridines is 1. The Bertz CT molecular complexity index is 1220. The summed E-state index contributed by atoms with van der Waals surface area (Å²) in [7, 11) is 1.61. The SMILES string of the molecule is CNC(=O)C1=CC=C(C2=C3C=C(C(=O)N(c4ccc(C#N)cc4)C4CCC4)C=CN3NC2)CN1. The number of allylic oxidation sites excluding steroid dienone is 3. The lowest BCUT2D eigenvalue weighted by atomic mass is 9.90. The normalized spacial score (nSPS) is 19.2. The number of hydrogen-bond donors (Lipinski definition) is 3. The van der Waals surface area contributed by atoms with E-state index in [4.69, 9.17) is 5.26 Å². The van der Waals surface area contributed by atoms with Crippen molar-refractivity contribution in [2.45, 2.75) is 25.3 Å². The van der Waals surface area contributed by atoms with E-state index in [1.165, 1.54) is 0 Å². The molecule has 8 heteroatoms. The third-order valence-electron chi connectivity index (χ3n) is 6.65. The molecule has 0 unspecified atom stereocenters. The molecule has 1 aliphatic carbocycles. The van der Waals surface area contributed by atoms with Crippen LogP contribution in [0.3, 0.4) is 0 Å². The fraction of sp³-hybridized carbons (Fsp3) is 0.269. The Labute approximate surface area is 198 Å². The van der Waals surface area contributed by atoms with Gasteiger partial charge >= 0.3 is 0 Å². The van der Waals surface area contributed by atoms with Gasteiger partial charge in [-0.1, -0.05) is 6.08 Å². The highest BCUT2D eigenvalue weighted by Gasteiger charge is 2.33. The Hall–Kier alpha value is -4.09. The number of anilines is 1. The number of amides is 2. The monoisotopic (exact) mass is 454 g/mol. The standard InChI is InChI=1S/C26H26N6O2/c1-28-25(33)23-10-7-19(15-29-23)22-16-30-31-12-11-18(13-24(22)31)26(34)32(20-3-2-4-20)21-8-5-17(14-27)6-9-21/h5-13,20,29-30H,2-4,15-16H2,1H3,(H,28,33). The van der Waals surface area contributed by atoms with Gasteiger partial charge in [0.15, 0.2) is 0 Å². The largest absolute Gasteiger partial charge is 0.377 e. The Morgan fingerprint density at radius 1 is 1.18 bits per heavy atom. The molecule has 1 saturated carbocycles. The molecule has 1 aromatic carbocycles. The maximum atomic E-state index is 13.7. The third kappa shape index (κ3) is 3.91. The zero-order valence-electron chi connectivity index (χ0n) is 19.0. The molecule has 3 aliphatic heterocycles. The van der Waals surface area contributed by atoms with Crippen molar-refractivity contribution < 1.29 is 9.59 Å². The number of fused-ring (bicyclic) bond motifs is 1. The predicted molar refractivity (Wildman–Crippen MR) is 129 cm³/mol. The van der Waals surface area contributed by atoms with Crippen molar-refractivity contribution in [3.63, 3.8) is 0 Å². The molecule has 0 bridgehead atoms. The molecule has 0 atom stereocenters. The van der Waals surface area contributed by atoms with Crippen molar-refractivity contribution >= 4 is 17.5 Å². The van der Waals surface area contributed by atoms with Crippen LogP contribution in [0.4, 0.5) is 5.69 Å². The first kappa shape index (κ1) is 21.7. The molecular formula is C26H26N6O2. The van der Waals surface area contributed by atoms with E-state index in [9.17, 15) is 9.59 Å². The van der Waals surface area contributed by atoms with E-state index < -0.39 is 0 Å². The average Bonchev–Trinajstić information content (AvgIpc) is 3.28. The van der Waals surface area contributed by atoms with Gasteiger partial charge in [0.2, 0.25) is 0 Å². The first-order valence-electron chi connectivity index (χ1n) is 11.5. The van der Waals surface area contributed by atoms with Gasteiger partial charge in [0, 0.05) is 43.6 Å². The van der Waals surface area contributed by atoms with Crippen molar-refractivity contribution in [2.24, 2.45) is 0 Å². The first-order valence-corrected chi connectivity index (χ1v) is 11.5. The fourth-order valence-electron chi connectivity index (χ4n) is 4.50. The second-order valence-corrected chi connectivity index (χ2v) is 8.61. The van der Waals surface area contributed by atoms with Gasteiger partial charge in [0.25, 0.3) is 11.8 Å². The van der Waals surface area contributed by atoms with Gasteiger partial charge in [0.05, 0.1) is 17.3 Å². The van der Waals surface area contributed by atoms with Gasteiger partial charge in [-0.25, -0.2) is 5.43 Å². The number of hydrazine groups is 1. The molecule has 5 rings (SSSR count). The van der Waals surface area contributed by atoms with Crippen molar-refractivity contribution in [3.8, 4) is 6.07 Å². The minimum absolute atomic E-state index is 0.0402. The number of nitrogens with zero attached hydrogens (tertiary/aromatic N) is 3. The van der Waals surface area contributed by atoms with Gasteiger partial charge in [-0.15, -0.1) is 0 Å². The van der Waals surface area contributed by atoms with Gasteiger partial charge in [-0.2, -0.15) is 5.26 Å². The Balaban J connectivity index is 1.45. The molecule has 0 radical (unpaired) electrons. The van der Waals surface area contributed by atoms with Gasteiger partial charge in [-0.05, 0) is 72.9 Å². The van der Waals surface area contributed by atoms with Crippen molar-refractivity contribution in [3.05, 3.63) is 88.4 Å². The van der Waals surface area contributed by atoms with E-state index >= 15 is 0 Å². The van der Waals surface area contributed by atoms with Crippen LogP contribution in [0.1, 0.15) is 24.8 Å². The molecule has 0 saturated heterocycles. The molecule has 1 aromatic rings. The lowest BCUT2D eigenvalue weighted by Gasteiger charge is -2.38. The van der Waals surface area contributed by atoms with Gasteiger partial charge in [0.1, 0.15) is 5.70 Å². The summed E-state index contributed by atoms with van der Waals surface area (Å²) < 4.78 is 0. The number of nitriles is 1. The van der Waals surface area contributed by atoms with E-state index in [-0.39, 0.29) is 17.9 Å². The predicted octanol–water partition coefficient (Wildman–Crippen LogP) is 2.13. The second-order valence-electron chi connectivity index (χ2n) is 8.61. The summed E-state index contributed by atoms with van der Waals surface area (Å²) >= 11 is 0. The zero-order chi connectivity index (χ0) is 23.7. The summed E-state index contributed by atoms with van der Waals surface area (Å²) in [5.41, 5.74) is 8.97. The van der Waals surface area contributed by atoms with E-state index in [1.54, 1.807) is 25.3 Å². The Morgan fingerprint density at radius 2 is 1.97 bits per heavy atom. The molecular weight excluding hydrogens is 428 g/mol. The van der Waals surface area contributed by atoms with Crippen LogP contribution in [-0.2, 0) is 9.59 Å². The second kappa shape index (κ2) is 9.04. The lowest BCUT2D eigenvalue weighted by molar-refractivity contribution is -0.117. The van der Waals surface area contributed by atoms with Crippen LogP contribution >= 0.6 is 0 Å². The van der Waals surface area contributed by atoms with E-state index in [1.807, 2.05) is 46.5 Å². The van der Waals surface area contributed by atoms with Crippen molar-refractivity contribution in [2.75, 3.05) is 25.0 Å². The zero-order valence-corrected chi connectivity index (χ0v) is 19.0. The number of carbonyl (C=O) groups excluding carboxylic acids is 2. The van der Waals surface area contributed by atoms with Crippen LogP contribution in [-0.4, -0.2) is 43.0 Å². The summed E-state index contributed by atoms with van der Waals surface area (Å²) in [4.78, 5) is 27.4. The van der Waals surface area contributed by atoms with Crippen LogP contribution < -0.4 is 21.0 Å². The van der Waals surface area contributed by atoms with Crippen molar-refractivity contribution in [1.29, 1.82) is 5.26 Å². The Kier molecular flexibility index (Phi) is 5.78. The molecule has 1 fully saturated rings. The summed E-state index contributed by atoms with van der Waals surface area (Å²) in [6, 6.07) is 9.52. The summed E-state index contributed by atoms with van der Waals surface area (Å²) in [5.74, 6) is -0.187. The van der Waals surface area contributed by atoms with Crippen molar-refractivity contribution in [1.82, 2.24) is 21.1 Å². The Morgan fingerprint density at radius 3 is 2.59 bits per heavy atom.